The summed E-state index contributed by atoms with van der Waals surface area (Å²) in [4.78, 5) is 35.8. The number of para-hydroxylation sites is 1. The quantitative estimate of drug-likeness (QED) is 0.472. The monoisotopic (exact) mass is 446 g/mol. The van der Waals surface area contributed by atoms with Gasteiger partial charge in [0.05, 0.1) is 5.56 Å². The Kier molecular flexibility index (Phi) is 6.83. The Balaban J connectivity index is 1.51. The third-order valence-electron chi connectivity index (χ3n) is 3.96. The highest BCUT2D eigenvalue weighted by molar-refractivity contribution is 5.95. The molecule has 0 spiro atoms. The molecule has 1 heterocycles. The summed E-state index contributed by atoms with van der Waals surface area (Å²) in [6.45, 7) is -0.833. The Morgan fingerprint density at radius 2 is 1.66 bits per heavy atom. The minimum Gasteiger partial charge on any atom is -0.456 e. The number of hydrogen-bond donors (Lipinski definition) is 3. The second-order valence-corrected chi connectivity index (χ2v) is 6.34. The number of benzene rings is 2. The minimum atomic E-state index is -4.51. The van der Waals surface area contributed by atoms with Gasteiger partial charge in [0.2, 0.25) is 11.9 Å². The highest BCUT2D eigenvalue weighted by Crippen LogP contribution is 2.29. The van der Waals surface area contributed by atoms with E-state index in [2.05, 4.69) is 25.6 Å². The van der Waals surface area contributed by atoms with Gasteiger partial charge in [0.15, 0.2) is 12.4 Å². The molecular weight excluding hydrogens is 429 g/mol. The van der Waals surface area contributed by atoms with Crippen molar-refractivity contribution in [3.8, 4) is 0 Å². The summed E-state index contributed by atoms with van der Waals surface area (Å²) in [5, 5.41) is 5.20. The lowest BCUT2D eigenvalue weighted by Gasteiger charge is -2.09. The fourth-order valence-electron chi connectivity index (χ4n) is 2.47. The number of amides is 1. The number of anilines is 3. The average molecular weight is 446 g/mol. The largest absolute Gasteiger partial charge is 0.456 e. The van der Waals surface area contributed by atoms with Crippen molar-refractivity contribution in [2.24, 2.45) is 0 Å². The maximum Gasteiger partial charge on any atom is 0.416 e. The SMILES string of the molecule is Nc1nc(COC(=O)CNC(=O)c2ccc(C(F)(F)F)cc2)nc(Nc2ccccc2)n1. The molecule has 32 heavy (non-hydrogen) atoms. The van der Waals surface area contributed by atoms with Crippen LogP contribution in [-0.2, 0) is 22.3 Å². The number of aromatic nitrogens is 3. The molecule has 0 aliphatic rings. The van der Waals surface area contributed by atoms with E-state index in [-0.39, 0.29) is 29.9 Å². The van der Waals surface area contributed by atoms with Crippen LogP contribution in [0.15, 0.2) is 54.6 Å². The molecule has 0 radical (unpaired) electrons. The minimum absolute atomic E-state index is 0.0346. The van der Waals surface area contributed by atoms with Crippen molar-refractivity contribution in [1.29, 1.82) is 0 Å². The van der Waals surface area contributed by atoms with Gasteiger partial charge in [-0.3, -0.25) is 9.59 Å². The van der Waals surface area contributed by atoms with Crippen LogP contribution in [0.1, 0.15) is 21.7 Å². The normalized spacial score (nSPS) is 11.0. The number of nitrogen functional groups attached to an aromatic ring is 1. The number of esters is 1. The van der Waals surface area contributed by atoms with Gasteiger partial charge < -0.3 is 21.1 Å². The first-order chi connectivity index (χ1) is 15.2. The molecule has 0 saturated carbocycles. The van der Waals surface area contributed by atoms with Crippen molar-refractivity contribution in [3.63, 3.8) is 0 Å². The Labute approximate surface area is 179 Å². The highest BCUT2D eigenvalue weighted by Gasteiger charge is 2.30. The molecule has 9 nitrogen and oxygen atoms in total. The van der Waals surface area contributed by atoms with Crippen LogP contribution in [0.25, 0.3) is 0 Å². The summed E-state index contributed by atoms with van der Waals surface area (Å²) in [6, 6.07) is 12.6. The number of nitrogens with two attached hydrogens (primary N) is 1. The zero-order valence-electron chi connectivity index (χ0n) is 16.4. The predicted octanol–water partition coefficient (Wildman–Crippen LogP) is 2.69. The molecule has 0 atom stereocenters. The van der Waals surface area contributed by atoms with Crippen molar-refractivity contribution in [2.75, 3.05) is 17.6 Å². The third kappa shape index (κ3) is 6.39. The number of ether oxygens (including phenoxy) is 1. The third-order valence-corrected chi connectivity index (χ3v) is 3.96. The molecule has 3 aromatic rings. The van der Waals surface area contributed by atoms with Crippen LogP contribution < -0.4 is 16.4 Å². The number of hydrogen-bond acceptors (Lipinski definition) is 8. The van der Waals surface area contributed by atoms with Crippen LogP contribution >= 0.6 is 0 Å². The van der Waals surface area contributed by atoms with Gasteiger partial charge >= 0.3 is 12.1 Å². The second kappa shape index (κ2) is 9.73. The summed E-state index contributed by atoms with van der Waals surface area (Å²) in [5.41, 5.74) is 5.45. The molecule has 4 N–H and O–H groups in total. The van der Waals surface area contributed by atoms with E-state index in [0.717, 1.165) is 24.3 Å². The molecule has 2 aromatic carbocycles. The van der Waals surface area contributed by atoms with E-state index < -0.39 is 30.2 Å². The standard InChI is InChI=1S/C20H17F3N6O3/c21-20(22,23)13-8-6-12(7-9-13)17(31)25-10-16(30)32-11-15-27-18(24)29-19(28-15)26-14-4-2-1-3-5-14/h1-9H,10-11H2,(H,25,31)(H3,24,26,27,28,29). The molecule has 0 aliphatic carbocycles. The second-order valence-electron chi connectivity index (χ2n) is 6.34. The average Bonchev–Trinajstić information content (AvgIpc) is 2.76. The summed E-state index contributed by atoms with van der Waals surface area (Å²) in [7, 11) is 0. The number of nitrogens with one attached hydrogen (secondary N) is 2. The zero-order chi connectivity index (χ0) is 23.1. The number of nitrogens with zero attached hydrogens (tertiary/aromatic N) is 3. The van der Waals surface area contributed by atoms with E-state index in [1.807, 2.05) is 18.2 Å². The van der Waals surface area contributed by atoms with E-state index in [1.165, 1.54) is 0 Å². The summed E-state index contributed by atoms with van der Waals surface area (Å²) in [5.74, 6) is -1.37. The van der Waals surface area contributed by atoms with Gasteiger partial charge in [-0.1, -0.05) is 18.2 Å². The van der Waals surface area contributed by atoms with Gasteiger partial charge in [0, 0.05) is 11.3 Å². The first-order valence-corrected chi connectivity index (χ1v) is 9.14. The van der Waals surface area contributed by atoms with Crippen LogP contribution in [0, 0.1) is 0 Å². The molecule has 1 amide bonds. The number of rotatable bonds is 7. The highest BCUT2D eigenvalue weighted by atomic mass is 19.4. The van der Waals surface area contributed by atoms with Gasteiger partial charge in [-0.25, -0.2) is 0 Å². The lowest BCUT2D eigenvalue weighted by molar-refractivity contribution is -0.144. The van der Waals surface area contributed by atoms with E-state index in [9.17, 15) is 22.8 Å². The first kappa shape index (κ1) is 22.5. The van der Waals surface area contributed by atoms with Crippen molar-refractivity contribution >= 4 is 29.5 Å². The summed E-state index contributed by atoms with van der Waals surface area (Å²) < 4.78 is 42.7. The lowest BCUT2D eigenvalue weighted by atomic mass is 10.1. The topological polar surface area (TPSA) is 132 Å². The van der Waals surface area contributed by atoms with Gasteiger partial charge in [0.1, 0.15) is 6.54 Å². The van der Waals surface area contributed by atoms with Crippen molar-refractivity contribution in [2.45, 2.75) is 12.8 Å². The summed E-state index contributed by atoms with van der Waals surface area (Å²) in [6.07, 6.45) is -4.51. The fourth-order valence-corrected chi connectivity index (χ4v) is 2.47. The molecule has 166 valence electrons. The first-order valence-electron chi connectivity index (χ1n) is 9.14. The van der Waals surface area contributed by atoms with Gasteiger partial charge in [0.25, 0.3) is 5.91 Å². The van der Waals surface area contributed by atoms with Gasteiger partial charge in [-0.05, 0) is 36.4 Å². The van der Waals surface area contributed by atoms with E-state index >= 15 is 0 Å². The number of alkyl halides is 3. The van der Waals surface area contributed by atoms with Crippen LogP contribution in [0.5, 0.6) is 0 Å². The molecule has 0 saturated heterocycles. The van der Waals surface area contributed by atoms with Crippen LogP contribution in [0.4, 0.5) is 30.8 Å². The number of carbonyl (C=O) groups is 2. The Morgan fingerprint density at radius 3 is 2.31 bits per heavy atom. The molecule has 0 unspecified atom stereocenters. The van der Waals surface area contributed by atoms with E-state index in [0.29, 0.717) is 5.69 Å². The van der Waals surface area contributed by atoms with Crippen molar-refractivity contribution < 1.29 is 27.5 Å². The lowest BCUT2D eigenvalue weighted by Crippen LogP contribution is -2.30. The smallest absolute Gasteiger partial charge is 0.416 e. The Morgan fingerprint density at radius 1 is 0.969 bits per heavy atom. The zero-order valence-corrected chi connectivity index (χ0v) is 16.4. The Hall–Kier alpha value is -4.22. The maximum atomic E-state index is 12.6. The molecular formula is C20H17F3N6O3. The van der Waals surface area contributed by atoms with Crippen LogP contribution in [0.3, 0.4) is 0 Å². The predicted molar refractivity (Wildman–Crippen MR) is 108 cm³/mol. The molecule has 12 heteroatoms. The van der Waals surface area contributed by atoms with Crippen LogP contribution in [0.2, 0.25) is 0 Å². The molecule has 1 aromatic heterocycles. The number of carbonyl (C=O) groups excluding carboxylic acids is 2. The van der Waals surface area contributed by atoms with E-state index in [4.69, 9.17) is 10.5 Å². The Bertz CT molecular complexity index is 1090. The molecule has 0 fully saturated rings. The molecule has 0 aliphatic heterocycles. The van der Waals surface area contributed by atoms with Gasteiger partial charge in [-0.15, -0.1) is 0 Å². The van der Waals surface area contributed by atoms with Crippen LogP contribution in [-0.4, -0.2) is 33.4 Å². The molecule has 0 bridgehead atoms. The summed E-state index contributed by atoms with van der Waals surface area (Å²) >= 11 is 0. The van der Waals surface area contributed by atoms with Gasteiger partial charge in [-0.2, -0.15) is 28.1 Å². The maximum absolute atomic E-state index is 12.6. The van der Waals surface area contributed by atoms with Crippen molar-refractivity contribution in [1.82, 2.24) is 20.3 Å². The fraction of sp³-hybridized carbons (Fsp3) is 0.150. The van der Waals surface area contributed by atoms with Crippen molar-refractivity contribution in [3.05, 3.63) is 71.5 Å². The van der Waals surface area contributed by atoms with E-state index in [1.54, 1.807) is 12.1 Å². The molecule has 3 rings (SSSR count). The number of halogens is 3.